The first kappa shape index (κ1) is 19.0. The average molecular weight is 383 g/mol. The minimum absolute atomic E-state index is 0.0554. The van der Waals surface area contributed by atoms with Crippen LogP contribution in [0.4, 0.5) is 0 Å². The SMILES string of the molecule is CCNC(=O)COc1ccc(C=C2CSc3ccccc3C2=O)cc1OC. The molecular formula is C21H21NO4S. The van der Waals surface area contributed by atoms with E-state index in [9.17, 15) is 9.59 Å². The molecule has 6 heteroatoms. The Balaban J connectivity index is 1.79. The number of carbonyl (C=O) groups is 2. The molecule has 0 radical (unpaired) electrons. The Bertz CT molecular complexity index is 892. The van der Waals surface area contributed by atoms with E-state index >= 15 is 0 Å². The van der Waals surface area contributed by atoms with Crippen molar-refractivity contribution in [3.8, 4) is 11.5 Å². The Labute approximate surface area is 162 Å². The number of ether oxygens (including phenoxy) is 2. The van der Waals surface area contributed by atoms with Gasteiger partial charge in [0.25, 0.3) is 5.91 Å². The van der Waals surface area contributed by atoms with E-state index < -0.39 is 0 Å². The third-order valence-electron chi connectivity index (χ3n) is 4.07. The normalized spacial score (nSPS) is 14.6. The summed E-state index contributed by atoms with van der Waals surface area (Å²) < 4.78 is 10.9. The molecule has 0 bridgehead atoms. The standard InChI is InChI=1S/C21H21NO4S/c1-3-22-20(23)12-26-17-9-8-14(11-18(17)25-2)10-15-13-27-19-7-5-4-6-16(19)21(15)24/h4-11H,3,12-13H2,1-2H3,(H,22,23). The molecule has 1 N–H and O–H groups in total. The van der Waals surface area contributed by atoms with E-state index in [0.29, 0.717) is 23.8 Å². The van der Waals surface area contributed by atoms with E-state index in [2.05, 4.69) is 5.32 Å². The van der Waals surface area contributed by atoms with Crippen molar-refractivity contribution in [3.63, 3.8) is 0 Å². The summed E-state index contributed by atoms with van der Waals surface area (Å²) in [5.74, 6) is 1.51. The van der Waals surface area contributed by atoms with E-state index in [4.69, 9.17) is 9.47 Å². The number of methoxy groups -OCH3 is 1. The second-order valence-electron chi connectivity index (χ2n) is 5.94. The highest BCUT2D eigenvalue weighted by atomic mass is 32.2. The van der Waals surface area contributed by atoms with E-state index in [1.165, 1.54) is 0 Å². The van der Waals surface area contributed by atoms with Crippen molar-refractivity contribution in [1.29, 1.82) is 0 Å². The molecule has 0 unspecified atom stereocenters. The van der Waals surface area contributed by atoms with Gasteiger partial charge in [-0.3, -0.25) is 9.59 Å². The fourth-order valence-corrected chi connectivity index (χ4v) is 3.78. The second kappa shape index (κ2) is 8.77. The van der Waals surface area contributed by atoms with Crippen molar-refractivity contribution in [2.24, 2.45) is 0 Å². The van der Waals surface area contributed by atoms with Crippen molar-refractivity contribution < 1.29 is 19.1 Å². The first-order valence-electron chi connectivity index (χ1n) is 8.67. The number of hydrogen-bond donors (Lipinski definition) is 1. The van der Waals surface area contributed by atoms with Crippen LogP contribution in [0, 0.1) is 0 Å². The predicted octanol–water partition coefficient (Wildman–Crippen LogP) is 3.58. The summed E-state index contributed by atoms with van der Waals surface area (Å²) in [4.78, 5) is 25.3. The molecule has 2 aromatic rings. The largest absolute Gasteiger partial charge is 0.493 e. The van der Waals surface area contributed by atoms with Crippen LogP contribution in [0.15, 0.2) is 52.9 Å². The highest BCUT2D eigenvalue weighted by Crippen LogP contribution is 2.34. The zero-order valence-corrected chi connectivity index (χ0v) is 16.1. The topological polar surface area (TPSA) is 64.6 Å². The van der Waals surface area contributed by atoms with Crippen molar-refractivity contribution >= 4 is 29.5 Å². The lowest BCUT2D eigenvalue weighted by Gasteiger charge is -2.17. The molecule has 3 rings (SSSR count). The maximum absolute atomic E-state index is 12.7. The summed E-state index contributed by atoms with van der Waals surface area (Å²) in [5, 5.41) is 2.68. The third-order valence-corrected chi connectivity index (χ3v) is 5.19. The fourth-order valence-electron chi connectivity index (χ4n) is 2.77. The molecule has 1 aliphatic rings. The molecule has 0 aliphatic carbocycles. The molecule has 0 spiro atoms. The minimum Gasteiger partial charge on any atom is -0.493 e. The molecule has 0 saturated carbocycles. The number of amides is 1. The summed E-state index contributed by atoms with van der Waals surface area (Å²) >= 11 is 1.66. The van der Waals surface area contributed by atoms with Crippen molar-refractivity contribution in [3.05, 3.63) is 59.2 Å². The maximum atomic E-state index is 12.7. The highest BCUT2D eigenvalue weighted by Gasteiger charge is 2.22. The van der Waals surface area contributed by atoms with Gasteiger partial charge in [-0.25, -0.2) is 0 Å². The van der Waals surface area contributed by atoms with Crippen LogP contribution in [-0.2, 0) is 4.79 Å². The zero-order valence-electron chi connectivity index (χ0n) is 15.3. The zero-order chi connectivity index (χ0) is 19.2. The highest BCUT2D eigenvalue weighted by molar-refractivity contribution is 7.99. The number of Topliss-reactive ketones (excluding diaryl/α,β-unsaturated/α-hetero) is 1. The molecule has 5 nitrogen and oxygen atoms in total. The summed E-state index contributed by atoms with van der Waals surface area (Å²) in [5.41, 5.74) is 2.34. The monoisotopic (exact) mass is 383 g/mol. The molecule has 140 valence electrons. The third kappa shape index (κ3) is 4.52. The van der Waals surface area contributed by atoms with Gasteiger partial charge in [0.05, 0.1) is 7.11 Å². The lowest BCUT2D eigenvalue weighted by molar-refractivity contribution is -0.123. The number of likely N-dealkylation sites (N-methyl/N-ethyl adjacent to an activating group) is 1. The van der Waals surface area contributed by atoms with Crippen molar-refractivity contribution in [1.82, 2.24) is 5.32 Å². The van der Waals surface area contributed by atoms with E-state index in [1.54, 1.807) is 31.0 Å². The van der Waals surface area contributed by atoms with Gasteiger partial charge in [-0.15, -0.1) is 11.8 Å². The number of ketones is 1. The number of carbonyl (C=O) groups excluding carboxylic acids is 2. The average Bonchev–Trinajstić information content (AvgIpc) is 2.69. The van der Waals surface area contributed by atoms with Gasteiger partial charge in [0.1, 0.15) is 0 Å². The van der Waals surface area contributed by atoms with Gasteiger partial charge in [0.2, 0.25) is 0 Å². The van der Waals surface area contributed by atoms with E-state index in [0.717, 1.165) is 21.6 Å². The molecular weight excluding hydrogens is 362 g/mol. The van der Waals surface area contributed by atoms with Crippen LogP contribution >= 0.6 is 11.8 Å². The lowest BCUT2D eigenvalue weighted by atomic mass is 10.0. The van der Waals surface area contributed by atoms with Gasteiger partial charge in [0, 0.05) is 28.3 Å². The van der Waals surface area contributed by atoms with Gasteiger partial charge in [-0.2, -0.15) is 0 Å². The van der Waals surface area contributed by atoms with Gasteiger partial charge in [-0.05, 0) is 42.8 Å². The Morgan fingerprint density at radius 3 is 2.81 bits per heavy atom. The van der Waals surface area contributed by atoms with Gasteiger partial charge in [0.15, 0.2) is 23.9 Å². The lowest BCUT2D eigenvalue weighted by Crippen LogP contribution is -2.28. The van der Waals surface area contributed by atoms with Crippen molar-refractivity contribution in [2.75, 3.05) is 26.0 Å². The number of fused-ring (bicyclic) bond motifs is 1. The number of nitrogens with one attached hydrogen (secondary N) is 1. The van der Waals surface area contributed by atoms with Crippen LogP contribution in [-0.4, -0.2) is 37.7 Å². The molecule has 0 saturated heterocycles. The first-order valence-corrected chi connectivity index (χ1v) is 9.65. The minimum atomic E-state index is -0.186. The molecule has 1 amide bonds. The Morgan fingerprint density at radius 2 is 2.04 bits per heavy atom. The number of hydrogen-bond acceptors (Lipinski definition) is 5. The number of thioether (sulfide) groups is 1. The molecule has 2 aromatic carbocycles. The van der Waals surface area contributed by atoms with Crippen LogP contribution in [0.1, 0.15) is 22.8 Å². The molecule has 0 aromatic heterocycles. The number of benzene rings is 2. The second-order valence-corrected chi connectivity index (χ2v) is 6.95. The molecule has 1 heterocycles. The molecule has 27 heavy (non-hydrogen) atoms. The van der Waals surface area contributed by atoms with Crippen molar-refractivity contribution in [2.45, 2.75) is 11.8 Å². The summed E-state index contributed by atoms with van der Waals surface area (Å²) in [6, 6.07) is 13.1. The maximum Gasteiger partial charge on any atom is 0.257 e. The van der Waals surface area contributed by atoms with Crippen LogP contribution in [0.25, 0.3) is 6.08 Å². The van der Waals surface area contributed by atoms with E-state index in [-0.39, 0.29) is 18.3 Å². The van der Waals surface area contributed by atoms with Crippen LogP contribution < -0.4 is 14.8 Å². The molecule has 0 atom stereocenters. The molecule has 0 fully saturated rings. The van der Waals surface area contributed by atoms with Gasteiger partial charge < -0.3 is 14.8 Å². The Morgan fingerprint density at radius 1 is 1.22 bits per heavy atom. The van der Waals surface area contributed by atoms with Crippen LogP contribution in [0.5, 0.6) is 11.5 Å². The quantitative estimate of drug-likeness (QED) is 0.773. The number of rotatable bonds is 6. The summed E-state index contributed by atoms with van der Waals surface area (Å²) in [7, 11) is 1.54. The van der Waals surface area contributed by atoms with E-state index in [1.807, 2.05) is 43.3 Å². The first-order chi connectivity index (χ1) is 13.1. The summed E-state index contributed by atoms with van der Waals surface area (Å²) in [6.07, 6.45) is 1.88. The molecule has 1 aliphatic heterocycles. The summed E-state index contributed by atoms with van der Waals surface area (Å²) in [6.45, 7) is 2.33. The fraction of sp³-hybridized carbons (Fsp3) is 0.238. The predicted molar refractivity (Wildman–Crippen MR) is 107 cm³/mol. The van der Waals surface area contributed by atoms with Crippen LogP contribution in [0.3, 0.4) is 0 Å². The Kier molecular flexibility index (Phi) is 6.19. The van der Waals surface area contributed by atoms with Crippen LogP contribution in [0.2, 0.25) is 0 Å². The van der Waals surface area contributed by atoms with Gasteiger partial charge >= 0.3 is 0 Å². The van der Waals surface area contributed by atoms with Gasteiger partial charge in [-0.1, -0.05) is 18.2 Å². The Hall–Kier alpha value is -2.73. The smallest absolute Gasteiger partial charge is 0.257 e.